The smallest absolute Gasteiger partial charge is 0.405 e. The quantitative estimate of drug-likeness (QED) is 0.153. The largest absolute Gasteiger partial charge is 0.921 e. The van der Waals surface area contributed by atoms with E-state index in [4.69, 9.17) is 10.7 Å². The molecule has 0 heterocycles. The first-order valence-electron chi connectivity index (χ1n) is 10.9. The molecule has 3 unspecified atom stereocenters. The zero-order chi connectivity index (χ0) is 21.7. The van der Waals surface area contributed by atoms with Crippen molar-refractivity contribution in [3.8, 4) is 0 Å². The topological polar surface area (TPSA) is 78.9 Å². The van der Waals surface area contributed by atoms with Crippen LogP contribution < -0.4 is 0 Å². The fourth-order valence-electron chi connectivity index (χ4n) is 2.58. The second-order valence-corrected chi connectivity index (χ2v) is 18.5. The summed E-state index contributed by atoms with van der Waals surface area (Å²) in [5, 5.41) is 0. The molecule has 3 atom stereocenters. The molecule has 6 nitrogen and oxygen atoms in total. The van der Waals surface area contributed by atoms with Gasteiger partial charge in [0.05, 0.1) is 0 Å². The molecule has 0 aliphatic rings. The Labute approximate surface area is 178 Å². The second-order valence-electron chi connectivity index (χ2n) is 7.23. The summed E-state index contributed by atoms with van der Waals surface area (Å²) in [5.74, 6) is 0. The molecule has 0 saturated carbocycles. The Morgan fingerprint density at radius 2 is 0.786 bits per heavy atom. The van der Waals surface area contributed by atoms with Gasteiger partial charge in [-0.2, -0.15) is 0 Å². The van der Waals surface area contributed by atoms with Crippen molar-refractivity contribution in [2.45, 2.75) is 80.1 Å². The molecule has 0 spiro atoms. The van der Waals surface area contributed by atoms with Gasteiger partial charge in [0, 0.05) is 37.0 Å². The van der Waals surface area contributed by atoms with Crippen LogP contribution in [0.1, 0.15) is 80.1 Å². The van der Waals surface area contributed by atoms with Crippen LogP contribution in [0.25, 0.3) is 0 Å². The Kier molecular flexibility index (Phi) is 15.6. The van der Waals surface area contributed by atoms with Crippen LogP contribution in [0.5, 0.6) is 0 Å². The van der Waals surface area contributed by atoms with Crippen molar-refractivity contribution in [1.29, 1.82) is 0 Å². The van der Waals surface area contributed by atoms with Gasteiger partial charge in [-0.15, -0.1) is 0 Å². The van der Waals surface area contributed by atoms with Crippen molar-refractivity contribution < 1.29 is 24.4 Å². The highest BCUT2D eigenvalue weighted by Crippen LogP contribution is 2.57. The molecule has 0 amide bonds. The molecule has 0 saturated heterocycles. The van der Waals surface area contributed by atoms with Crippen LogP contribution in [0, 0.1) is 0 Å². The van der Waals surface area contributed by atoms with Gasteiger partial charge in [-0.1, -0.05) is 60.8 Å². The third-order valence-corrected chi connectivity index (χ3v) is 17.4. The van der Waals surface area contributed by atoms with E-state index in [0.717, 1.165) is 38.5 Å². The summed E-state index contributed by atoms with van der Waals surface area (Å²) in [4.78, 5) is 0. The summed E-state index contributed by atoms with van der Waals surface area (Å²) in [7, 11) is -8.84. The molecule has 0 N–H and O–H groups in total. The first-order chi connectivity index (χ1) is 13.1. The van der Waals surface area contributed by atoms with Crippen LogP contribution in [0.3, 0.4) is 0 Å². The summed E-state index contributed by atoms with van der Waals surface area (Å²) >= 11 is -3.08. The lowest BCUT2D eigenvalue weighted by molar-refractivity contribution is 0.304. The fraction of sp³-hybridized carbons (Fsp3) is 1.00. The number of hydrogen-bond donors (Lipinski definition) is 0. The van der Waals surface area contributed by atoms with E-state index in [1.54, 1.807) is 0 Å². The standard InChI is InChI=1S/3C6H15O2P.Al/c3*1-3-5-6-9(7,8)4-2;/h3*3-6H2,1-2H3,(H,7,8);/q;;;+3/p-3. The lowest BCUT2D eigenvalue weighted by Crippen LogP contribution is -2.27. The molecule has 0 aromatic heterocycles. The molecule has 10 heteroatoms. The minimum atomic E-state index is -3.08. The molecule has 0 aliphatic heterocycles. The lowest BCUT2D eigenvalue weighted by Gasteiger charge is -2.27. The van der Waals surface area contributed by atoms with Gasteiger partial charge < -0.3 is 10.7 Å². The van der Waals surface area contributed by atoms with Gasteiger partial charge in [-0.05, 0) is 19.3 Å². The van der Waals surface area contributed by atoms with Gasteiger partial charge in [-0.25, -0.2) is 0 Å². The SMILES string of the molecule is CCCCP(=O)(CC)[O][Al]([O]P(=O)(CC)CCCC)[O]P(=O)(CC)CCCC. The van der Waals surface area contributed by atoms with Crippen LogP contribution in [-0.2, 0) is 24.4 Å². The first kappa shape index (κ1) is 29.1. The van der Waals surface area contributed by atoms with E-state index in [9.17, 15) is 13.7 Å². The number of unbranched alkanes of at least 4 members (excludes halogenated alkanes) is 3. The Hall–Kier alpha value is 1.10. The number of hydrogen-bond acceptors (Lipinski definition) is 6. The van der Waals surface area contributed by atoms with E-state index in [1.165, 1.54) is 0 Å². The molecule has 168 valence electrons. The molecule has 0 aliphatic carbocycles. The van der Waals surface area contributed by atoms with E-state index >= 15 is 0 Å². The molecule has 0 aromatic carbocycles. The monoisotopic (exact) mass is 474 g/mol. The van der Waals surface area contributed by atoms with E-state index in [-0.39, 0.29) is 0 Å². The third-order valence-electron chi connectivity index (χ3n) is 4.84. The Bertz CT molecular complexity index is 481. The van der Waals surface area contributed by atoms with Crippen LogP contribution in [0.15, 0.2) is 0 Å². The van der Waals surface area contributed by atoms with Gasteiger partial charge in [-0.3, -0.25) is 13.7 Å². The third kappa shape index (κ3) is 11.5. The highest BCUT2D eigenvalue weighted by atomic mass is 31.2. The predicted octanol–water partition coefficient (Wildman–Crippen LogP) is 7.32. The molecule has 0 bridgehead atoms. The normalized spacial score (nSPS) is 18.2. The molecule has 0 radical (unpaired) electrons. The molecular weight excluding hydrogens is 432 g/mol. The molecule has 0 aromatic rings. The molecular formula is C18H42AlO6P3. The van der Waals surface area contributed by atoms with E-state index < -0.39 is 37.3 Å². The minimum absolute atomic E-state index is 0.375. The fourth-order valence-corrected chi connectivity index (χ4v) is 14.2. The zero-order valence-corrected chi connectivity index (χ0v) is 22.7. The summed E-state index contributed by atoms with van der Waals surface area (Å²) in [6, 6.07) is 0. The van der Waals surface area contributed by atoms with Crippen molar-refractivity contribution in [2.75, 3.05) is 37.0 Å². The van der Waals surface area contributed by atoms with E-state index in [2.05, 4.69) is 0 Å². The average molecular weight is 474 g/mol. The summed E-state index contributed by atoms with van der Waals surface area (Å²) in [6.07, 6.45) is 7.57. The lowest BCUT2D eigenvalue weighted by atomic mass is 10.4. The van der Waals surface area contributed by atoms with Crippen LogP contribution in [0.2, 0.25) is 0 Å². The molecule has 28 heavy (non-hydrogen) atoms. The summed E-state index contributed by atoms with van der Waals surface area (Å²) in [6.45, 7) is 11.6. The summed E-state index contributed by atoms with van der Waals surface area (Å²) in [5.41, 5.74) is 0. The maximum atomic E-state index is 13.2. The highest BCUT2D eigenvalue weighted by Gasteiger charge is 2.47. The van der Waals surface area contributed by atoms with E-state index in [0.29, 0.717) is 37.0 Å². The average Bonchev–Trinajstić information content (AvgIpc) is 2.69. The van der Waals surface area contributed by atoms with Gasteiger partial charge in [0.15, 0.2) is 22.1 Å². The van der Waals surface area contributed by atoms with Gasteiger partial charge in [0.2, 0.25) is 0 Å². The van der Waals surface area contributed by atoms with Crippen LogP contribution in [0.4, 0.5) is 0 Å². The zero-order valence-electron chi connectivity index (χ0n) is 18.9. The molecule has 0 fully saturated rings. The highest BCUT2D eigenvalue weighted by molar-refractivity contribution is 7.63. The van der Waals surface area contributed by atoms with Crippen molar-refractivity contribution in [2.24, 2.45) is 0 Å². The Morgan fingerprint density at radius 3 is 0.964 bits per heavy atom. The van der Waals surface area contributed by atoms with Crippen molar-refractivity contribution in [1.82, 2.24) is 0 Å². The Balaban J connectivity index is 5.59. The second kappa shape index (κ2) is 15.0. The van der Waals surface area contributed by atoms with Gasteiger partial charge in [0.25, 0.3) is 0 Å². The predicted molar refractivity (Wildman–Crippen MR) is 123 cm³/mol. The van der Waals surface area contributed by atoms with E-state index in [1.807, 2.05) is 41.5 Å². The van der Waals surface area contributed by atoms with Gasteiger partial charge >= 0.3 is 15.1 Å². The Morgan fingerprint density at radius 1 is 0.536 bits per heavy atom. The van der Waals surface area contributed by atoms with Crippen LogP contribution in [-0.4, -0.2) is 52.1 Å². The maximum absolute atomic E-state index is 13.2. The van der Waals surface area contributed by atoms with Crippen molar-refractivity contribution in [3.63, 3.8) is 0 Å². The number of rotatable bonds is 18. The van der Waals surface area contributed by atoms with Gasteiger partial charge in [0.1, 0.15) is 0 Å². The van der Waals surface area contributed by atoms with Crippen molar-refractivity contribution >= 4 is 37.3 Å². The first-order valence-corrected chi connectivity index (χ1v) is 18.3. The van der Waals surface area contributed by atoms with Crippen molar-refractivity contribution in [3.05, 3.63) is 0 Å². The van der Waals surface area contributed by atoms with Crippen LogP contribution >= 0.6 is 22.1 Å². The molecule has 0 rings (SSSR count). The minimum Gasteiger partial charge on any atom is -0.405 e. The maximum Gasteiger partial charge on any atom is 0.921 e. The summed E-state index contributed by atoms with van der Waals surface area (Å²) < 4.78 is 57.5.